The van der Waals surface area contributed by atoms with E-state index < -0.39 is 5.60 Å². The van der Waals surface area contributed by atoms with Crippen LogP contribution in [0.15, 0.2) is 24.5 Å². The van der Waals surface area contributed by atoms with Gasteiger partial charge in [-0.05, 0) is 37.6 Å². The number of aromatic nitrogens is 1. The van der Waals surface area contributed by atoms with E-state index in [1.807, 2.05) is 12.1 Å². The first kappa shape index (κ1) is 12.1. The van der Waals surface area contributed by atoms with Gasteiger partial charge in [0.2, 0.25) is 0 Å². The average Bonchev–Trinajstić information content (AvgIpc) is 2.33. The Morgan fingerprint density at radius 1 is 1.33 bits per heavy atom. The summed E-state index contributed by atoms with van der Waals surface area (Å²) in [6, 6.07) is 4.68. The molecule has 98 valence electrons. The molecule has 18 heavy (non-hydrogen) atoms. The van der Waals surface area contributed by atoms with E-state index in [1.54, 1.807) is 12.4 Å². The predicted molar refractivity (Wildman–Crippen MR) is 68.3 cm³/mol. The van der Waals surface area contributed by atoms with Crippen molar-refractivity contribution in [3.05, 3.63) is 30.1 Å². The van der Waals surface area contributed by atoms with Crippen LogP contribution in [0, 0.1) is 0 Å². The average molecular weight is 248 g/mol. The molecule has 0 aliphatic carbocycles. The Kier molecular flexibility index (Phi) is 3.09. The molecule has 2 saturated heterocycles. The second-order valence-corrected chi connectivity index (χ2v) is 5.68. The van der Waals surface area contributed by atoms with E-state index in [9.17, 15) is 5.11 Å². The molecule has 3 heterocycles. The summed E-state index contributed by atoms with van der Waals surface area (Å²) in [5.74, 6) is 0. The molecule has 1 aromatic heterocycles. The van der Waals surface area contributed by atoms with Crippen LogP contribution in [0.4, 0.5) is 0 Å². The van der Waals surface area contributed by atoms with Crippen LogP contribution in [0.5, 0.6) is 0 Å². The van der Waals surface area contributed by atoms with Crippen molar-refractivity contribution in [3.8, 4) is 0 Å². The van der Waals surface area contributed by atoms with Crippen LogP contribution in [0.3, 0.4) is 0 Å². The van der Waals surface area contributed by atoms with Crippen LogP contribution in [0.25, 0.3) is 0 Å². The molecule has 2 unspecified atom stereocenters. The van der Waals surface area contributed by atoms with Gasteiger partial charge in [-0.2, -0.15) is 0 Å². The molecule has 0 amide bonds. The van der Waals surface area contributed by atoms with E-state index in [1.165, 1.54) is 0 Å². The highest BCUT2D eigenvalue weighted by molar-refractivity contribution is 5.14. The standard InChI is InChI=1S/C14H20N2O2/c1-16-12-7-14(17,8-13(16)10-18-9-12)6-11-2-4-15-5-3-11/h2-5,12-13,17H,6-10H2,1H3. The number of aliphatic hydroxyl groups is 1. The quantitative estimate of drug-likeness (QED) is 0.843. The molecule has 0 aromatic carbocycles. The maximum absolute atomic E-state index is 10.8. The van der Waals surface area contributed by atoms with Crippen molar-refractivity contribution in [1.82, 2.24) is 9.88 Å². The molecule has 0 saturated carbocycles. The predicted octanol–water partition coefficient (Wildman–Crippen LogP) is 0.848. The Bertz CT molecular complexity index is 396. The van der Waals surface area contributed by atoms with Gasteiger partial charge in [0.25, 0.3) is 0 Å². The van der Waals surface area contributed by atoms with E-state index in [0.717, 1.165) is 38.0 Å². The summed E-state index contributed by atoms with van der Waals surface area (Å²) in [5.41, 5.74) is 0.573. The van der Waals surface area contributed by atoms with Gasteiger partial charge in [-0.3, -0.25) is 9.88 Å². The Labute approximate surface area is 108 Å². The number of pyridine rings is 1. The van der Waals surface area contributed by atoms with Crippen molar-refractivity contribution in [3.63, 3.8) is 0 Å². The lowest BCUT2D eigenvalue weighted by atomic mass is 9.78. The zero-order valence-electron chi connectivity index (χ0n) is 10.7. The van der Waals surface area contributed by atoms with Gasteiger partial charge < -0.3 is 9.84 Å². The van der Waals surface area contributed by atoms with Crippen LogP contribution >= 0.6 is 0 Å². The van der Waals surface area contributed by atoms with E-state index in [-0.39, 0.29) is 0 Å². The number of rotatable bonds is 2. The van der Waals surface area contributed by atoms with Gasteiger partial charge in [-0.15, -0.1) is 0 Å². The highest BCUT2D eigenvalue weighted by Gasteiger charge is 2.44. The number of ether oxygens (including phenoxy) is 1. The summed E-state index contributed by atoms with van der Waals surface area (Å²) in [6.07, 6.45) is 5.89. The third-order valence-electron chi connectivity index (χ3n) is 4.29. The molecule has 2 aliphatic rings. The molecule has 1 aromatic rings. The van der Waals surface area contributed by atoms with Crippen molar-refractivity contribution in [2.45, 2.75) is 36.9 Å². The van der Waals surface area contributed by atoms with Crippen molar-refractivity contribution in [2.75, 3.05) is 20.3 Å². The van der Waals surface area contributed by atoms with Crippen LogP contribution in [-0.2, 0) is 11.2 Å². The van der Waals surface area contributed by atoms with Gasteiger partial charge in [0.1, 0.15) is 0 Å². The van der Waals surface area contributed by atoms with Gasteiger partial charge >= 0.3 is 0 Å². The largest absolute Gasteiger partial charge is 0.389 e. The minimum atomic E-state index is -0.590. The highest BCUT2D eigenvalue weighted by Crippen LogP contribution is 2.35. The maximum atomic E-state index is 10.8. The zero-order chi connectivity index (χ0) is 12.6. The molecule has 3 rings (SSSR count). The fourth-order valence-electron chi connectivity index (χ4n) is 3.26. The number of hydrogen-bond acceptors (Lipinski definition) is 4. The Morgan fingerprint density at radius 3 is 2.56 bits per heavy atom. The van der Waals surface area contributed by atoms with Crippen molar-refractivity contribution in [1.29, 1.82) is 0 Å². The molecule has 2 bridgehead atoms. The number of likely N-dealkylation sites (N-methyl/N-ethyl adjacent to an activating group) is 1. The number of morpholine rings is 1. The van der Waals surface area contributed by atoms with Crippen LogP contribution in [-0.4, -0.2) is 52.9 Å². The van der Waals surface area contributed by atoms with E-state index in [4.69, 9.17) is 4.74 Å². The molecule has 1 N–H and O–H groups in total. The summed E-state index contributed by atoms with van der Waals surface area (Å²) in [6.45, 7) is 1.48. The third-order valence-corrected chi connectivity index (χ3v) is 4.29. The second-order valence-electron chi connectivity index (χ2n) is 5.68. The first-order valence-corrected chi connectivity index (χ1v) is 6.57. The van der Waals surface area contributed by atoms with Crippen LogP contribution < -0.4 is 0 Å². The van der Waals surface area contributed by atoms with Gasteiger partial charge in [0, 0.05) is 30.9 Å². The minimum absolute atomic E-state index is 0.351. The lowest BCUT2D eigenvalue weighted by Gasteiger charge is -2.50. The van der Waals surface area contributed by atoms with Crippen molar-refractivity contribution in [2.24, 2.45) is 0 Å². The molecule has 4 nitrogen and oxygen atoms in total. The van der Waals surface area contributed by atoms with E-state index in [2.05, 4.69) is 16.9 Å². The SMILES string of the molecule is CN1C2COCC1CC(O)(Cc1ccncc1)C2. The molecule has 2 atom stereocenters. The molecular formula is C14H20N2O2. The van der Waals surface area contributed by atoms with E-state index >= 15 is 0 Å². The minimum Gasteiger partial charge on any atom is -0.389 e. The van der Waals surface area contributed by atoms with Gasteiger partial charge in [0.05, 0.1) is 18.8 Å². The molecule has 0 spiro atoms. The fourth-order valence-corrected chi connectivity index (χ4v) is 3.26. The lowest BCUT2D eigenvalue weighted by molar-refractivity contribution is -0.133. The number of nitrogens with zero attached hydrogens (tertiary/aromatic N) is 2. The molecule has 2 fully saturated rings. The molecule has 0 radical (unpaired) electrons. The highest BCUT2D eigenvalue weighted by atomic mass is 16.5. The first-order valence-electron chi connectivity index (χ1n) is 6.57. The normalized spacial score (nSPS) is 36.6. The second kappa shape index (κ2) is 4.61. The van der Waals surface area contributed by atoms with Gasteiger partial charge in [-0.1, -0.05) is 0 Å². The molecule has 4 heteroatoms. The fraction of sp³-hybridized carbons (Fsp3) is 0.643. The monoisotopic (exact) mass is 248 g/mol. The lowest BCUT2D eigenvalue weighted by Crippen LogP contribution is -2.60. The van der Waals surface area contributed by atoms with E-state index in [0.29, 0.717) is 12.1 Å². The number of fused-ring (bicyclic) bond motifs is 2. The summed E-state index contributed by atoms with van der Waals surface area (Å²) < 4.78 is 5.59. The zero-order valence-corrected chi connectivity index (χ0v) is 10.7. The van der Waals surface area contributed by atoms with Gasteiger partial charge in [0.15, 0.2) is 0 Å². The smallest absolute Gasteiger partial charge is 0.0719 e. The summed E-state index contributed by atoms with van der Waals surface area (Å²) in [4.78, 5) is 6.39. The third kappa shape index (κ3) is 2.28. The Balaban J connectivity index is 1.75. The maximum Gasteiger partial charge on any atom is 0.0719 e. The summed E-state index contributed by atoms with van der Waals surface area (Å²) in [5, 5.41) is 10.8. The van der Waals surface area contributed by atoms with Crippen LogP contribution in [0.1, 0.15) is 18.4 Å². The topological polar surface area (TPSA) is 45.6 Å². The van der Waals surface area contributed by atoms with Crippen LogP contribution in [0.2, 0.25) is 0 Å². The molecule has 2 aliphatic heterocycles. The van der Waals surface area contributed by atoms with Gasteiger partial charge in [-0.25, -0.2) is 0 Å². The summed E-state index contributed by atoms with van der Waals surface area (Å²) >= 11 is 0. The Hall–Kier alpha value is -0.970. The summed E-state index contributed by atoms with van der Waals surface area (Å²) in [7, 11) is 2.14. The number of piperidine rings is 1. The Morgan fingerprint density at radius 2 is 1.94 bits per heavy atom. The molecular weight excluding hydrogens is 228 g/mol. The first-order chi connectivity index (χ1) is 8.66. The van der Waals surface area contributed by atoms with Crippen molar-refractivity contribution >= 4 is 0 Å². The van der Waals surface area contributed by atoms with Crippen molar-refractivity contribution < 1.29 is 9.84 Å². The number of hydrogen-bond donors (Lipinski definition) is 1.